The number of ether oxygens (including phenoxy) is 1. The van der Waals surface area contributed by atoms with Crippen LogP contribution in [0.4, 0.5) is 15.9 Å². The van der Waals surface area contributed by atoms with Crippen LogP contribution >= 0.6 is 11.6 Å². The molecule has 1 aliphatic heterocycles. The molecule has 1 fully saturated rings. The van der Waals surface area contributed by atoms with E-state index in [1.54, 1.807) is 6.07 Å². The molecule has 0 spiro atoms. The van der Waals surface area contributed by atoms with Crippen molar-refractivity contribution in [2.45, 2.75) is 6.54 Å². The van der Waals surface area contributed by atoms with E-state index in [4.69, 9.17) is 22.1 Å². The average Bonchev–Trinajstić information content (AvgIpc) is 3.26. The van der Waals surface area contributed by atoms with Crippen molar-refractivity contribution in [1.82, 2.24) is 19.1 Å². The van der Waals surface area contributed by atoms with Gasteiger partial charge in [-0.25, -0.2) is 14.4 Å². The fourth-order valence-corrected chi connectivity index (χ4v) is 4.54. The molecule has 2 amide bonds. The number of morpholine rings is 1. The van der Waals surface area contributed by atoms with Crippen molar-refractivity contribution in [3.63, 3.8) is 0 Å². The molecular formula is C25H23ClFN7O5. The zero-order valence-electron chi connectivity index (χ0n) is 20.6. The van der Waals surface area contributed by atoms with Gasteiger partial charge in [0.1, 0.15) is 29.6 Å². The van der Waals surface area contributed by atoms with E-state index in [1.807, 2.05) is 4.90 Å². The van der Waals surface area contributed by atoms with E-state index in [2.05, 4.69) is 15.3 Å². The lowest BCUT2D eigenvalue weighted by Crippen LogP contribution is -2.36. The zero-order chi connectivity index (χ0) is 27.8. The molecule has 0 unspecified atom stereocenters. The number of anilines is 2. The average molecular weight is 556 g/mol. The highest BCUT2D eigenvalue weighted by Gasteiger charge is 2.23. The van der Waals surface area contributed by atoms with Gasteiger partial charge in [0, 0.05) is 49.6 Å². The number of primary amides is 1. The summed E-state index contributed by atoms with van der Waals surface area (Å²) < 4.78 is 22.9. The Kier molecular flexibility index (Phi) is 6.93. The molecule has 3 aromatic heterocycles. The van der Waals surface area contributed by atoms with E-state index in [0.717, 1.165) is 12.1 Å². The van der Waals surface area contributed by atoms with Gasteiger partial charge in [-0.2, -0.15) is 0 Å². The maximum atomic E-state index is 15.0. The Balaban J connectivity index is 1.51. The topological polar surface area (TPSA) is 158 Å². The Labute approximate surface area is 225 Å². The molecule has 14 heteroatoms. The molecule has 0 atom stereocenters. The number of carbonyl (C=O) groups excluding carboxylic acids is 2. The number of phenols is 1. The van der Waals surface area contributed by atoms with Gasteiger partial charge in [-0.15, -0.1) is 0 Å². The summed E-state index contributed by atoms with van der Waals surface area (Å²) in [6.45, 7) is 2.11. The van der Waals surface area contributed by atoms with Crippen molar-refractivity contribution in [1.29, 1.82) is 0 Å². The van der Waals surface area contributed by atoms with Gasteiger partial charge in [-0.1, -0.05) is 11.6 Å². The highest BCUT2D eigenvalue weighted by atomic mass is 35.5. The van der Waals surface area contributed by atoms with E-state index in [-0.39, 0.29) is 39.3 Å². The summed E-state index contributed by atoms with van der Waals surface area (Å²) in [4.78, 5) is 48.5. The minimum absolute atomic E-state index is 0.0179. The first kappa shape index (κ1) is 26.1. The van der Waals surface area contributed by atoms with Crippen LogP contribution in [-0.2, 0) is 23.1 Å². The number of rotatable bonds is 6. The molecule has 4 aromatic rings. The highest BCUT2D eigenvalue weighted by molar-refractivity contribution is 6.33. The van der Waals surface area contributed by atoms with Gasteiger partial charge in [-0.3, -0.25) is 14.4 Å². The normalized spacial score (nSPS) is 13.6. The Morgan fingerprint density at radius 3 is 2.67 bits per heavy atom. The molecule has 202 valence electrons. The molecule has 0 bridgehead atoms. The first-order valence-electron chi connectivity index (χ1n) is 11.8. The fourth-order valence-electron chi connectivity index (χ4n) is 4.39. The molecule has 0 radical (unpaired) electrons. The number of nitrogens with one attached hydrogen (secondary N) is 1. The lowest BCUT2D eigenvalue weighted by atomic mass is 10.0. The second-order valence-electron chi connectivity index (χ2n) is 8.91. The van der Waals surface area contributed by atoms with Crippen LogP contribution in [-0.4, -0.2) is 62.3 Å². The summed E-state index contributed by atoms with van der Waals surface area (Å²) in [6.07, 6.45) is 4.10. The number of nitrogens with two attached hydrogens (primary N) is 1. The summed E-state index contributed by atoms with van der Waals surface area (Å²) >= 11 is 6.29. The first-order chi connectivity index (χ1) is 18.6. The third-order valence-corrected chi connectivity index (χ3v) is 6.64. The number of nitrogens with zero attached hydrogens (tertiary/aromatic N) is 5. The Bertz CT molecular complexity index is 1680. The van der Waals surface area contributed by atoms with Gasteiger partial charge >= 0.3 is 0 Å². The van der Waals surface area contributed by atoms with Crippen LogP contribution in [0, 0.1) is 5.82 Å². The molecule has 39 heavy (non-hydrogen) atoms. The molecule has 1 aromatic carbocycles. The summed E-state index contributed by atoms with van der Waals surface area (Å²) in [5, 5.41) is 12.9. The number of pyridine rings is 1. The number of halogens is 2. The summed E-state index contributed by atoms with van der Waals surface area (Å²) in [5.74, 6) is -2.38. The number of hydrogen-bond acceptors (Lipinski definition) is 8. The van der Waals surface area contributed by atoms with E-state index >= 15 is 0 Å². The van der Waals surface area contributed by atoms with Crippen LogP contribution < -0.4 is 21.5 Å². The van der Waals surface area contributed by atoms with Gasteiger partial charge in [-0.05, 0) is 6.07 Å². The van der Waals surface area contributed by atoms with Crippen LogP contribution in [0.2, 0.25) is 5.02 Å². The SMILES string of the molecule is Cn1cnc2c(c(-c3cc(C(N)=O)c(O)cc3F)cn2CC(=O)Nc2cc(N3CCOCC3)ncc2Cl)c1=O. The largest absolute Gasteiger partial charge is 0.507 e. The van der Waals surface area contributed by atoms with Crippen molar-refractivity contribution >= 4 is 46.0 Å². The van der Waals surface area contributed by atoms with Gasteiger partial charge in [0.15, 0.2) is 0 Å². The van der Waals surface area contributed by atoms with E-state index in [1.165, 1.54) is 34.9 Å². The third-order valence-electron chi connectivity index (χ3n) is 6.34. The minimum Gasteiger partial charge on any atom is -0.507 e. The van der Waals surface area contributed by atoms with Crippen molar-refractivity contribution < 1.29 is 23.8 Å². The molecule has 4 N–H and O–H groups in total. The van der Waals surface area contributed by atoms with Crippen LogP contribution in [0.3, 0.4) is 0 Å². The summed E-state index contributed by atoms with van der Waals surface area (Å²) in [6, 6.07) is 3.46. The van der Waals surface area contributed by atoms with Gasteiger partial charge in [0.25, 0.3) is 11.5 Å². The predicted molar refractivity (Wildman–Crippen MR) is 141 cm³/mol. The summed E-state index contributed by atoms with van der Waals surface area (Å²) in [7, 11) is 1.47. The maximum absolute atomic E-state index is 15.0. The van der Waals surface area contributed by atoms with Crippen LogP contribution in [0.15, 0.2) is 41.7 Å². The molecule has 1 aliphatic rings. The second-order valence-corrected chi connectivity index (χ2v) is 9.32. The number of aromatic hydroxyl groups is 1. The Morgan fingerprint density at radius 2 is 1.95 bits per heavy atom. The molecule has 12 nitrogen and oxygen atoms in total. The number of benzene rings is 1. The number of aryl methyl sites for hydroxylation is 1. The number of aromatic nitrogens is 4. The Morgan fingerprint density at radius 1 is 1.21 bits per heavy atom. The van der Waals surface area contributed by atoms with Crippen molar-refractivity contribution in [2.24, 2.45) is 12.8 Å². The molecule has 0 aliphatic carbocycles. The predicted octanol–water partition coefficient (Wildman–Crippen LogP) is 1.87. The third kappa shape index (κ3) is 5.01. The monoisotopic (exact) mass is 555 g/mol. The van der Waals surface area contributed by atoms with E-state index in [9.17, 15) is 23.9 Å². The molecule has 0 saturated carbocycles. The molecule has 5 rings (SSSR count). The number of fused-ring (bicyclic) bond motifs is 1. The fraction of sp³-hybridized carbons (Fsp3) is 0.240. The first-order valence-corrected chi connectivity index (χ1v) is 12.2. The molecular weight excluding hydrogens is 533 g/mol. The maximum Gasteiger partial charge on any atom is 0.263 e. The van der Waals surface area contributed by atoms with Crippen LogP contribution in [0.1, 0.15) is 10.4 Å². The van der Waals surface area contributed by atoms with Crippen molar-refractivity contribution in [3.8, 4) is 16.9 Å². The quantitative estimate of drug-likeness (QED) is 0.325. The van der Waals surface area contributed by atoms with E-state index in [0.29, 0.717) is 37.8 Å². The number of carbonyl (C=O) groups is 2. The minimum atomic E-state index is -0.978. The van der Waals surface area contributed by atoms with Gasteiger partial charge < -0.3 is 34.9 Å². The van der Waals surface area contributed by atoms with Gasteiger partial charge in [0.2, 0.25) is 5.91 Å². The lowest BCUT2D eigenvalue weighted by Gasteiger charge is -2.28. The number of amides is 2. The standard InChI is InChI=1S/C25H23ClFN7O5/c1-32-12-30-24-22(25(32)38)15(13-6-14(23(28)37)19(35)7-17(13)27)10-34(24)11-21(36)31-18-8-20(29-9-16(18)26)33-2-4-39-5-3-33/h6-10,12,35H,2-5,11H2,1H3,(H2,28,37)(H,29,31,36). The smallest absolute Gasteiger partial charge is 0.263 e. The van der Waals surface area contributed by atoms with Crippen LogP contribution in [0.25, 0.3) is 22.2 Å². The second kappa shape index (κ2) is 10.3. The molecule has 4 heterocycles. The highest BCUT2D eigenvalue weighted by Crippen LogP contribution is 2.33. The van der Waals surface area contributed by atoms with E-state index < -0.39 is 28.9 Å². The molecule has 1 saturated heterocycles. The zero-order valence-corrected chi connectivity index (χ0v) is 21.4. The lowest BCUT2D eigenvalue weighted by molar-refractivity contribution is -0.116. The van der Waals surface area contributed by atoms with Crippen LogP contribution in [0.5, 0.6) is 5.75 Å². The Hall–Kier alpha value is -4.49. The summed E-state index contributed by atoms with van der Waals surface area (Å²) in [5.41, 5.74) is 4.85. The van der Waals surface area contributed by atoms with Gasteiger partial charge in [0.05, 0.1) is 47.4 Å². The van der Waals surface area contributed by atoms with Crippen molar-refractivity contribution in [2.75, 3.05) is 36.5 Å². The number of hydrogen-bond donors (Lipinski definition) is 3. The van der Waals surface area contributed by atoms with Crippen molar-refractivity contribution in [3.05, 3.63) is 63.7 Å².